The van der Waals surface area contributed by atoms with Crippen LogP contribution in [0, 0.1) is 5.82 Å². The van der Waals surface area contributed by atoms with Crippen molar-refractivity contribution in [1.29, 1.82) is 0 Å². The number of aromatic nitrogens is 3. The maximum absolute atomic E-state index is 13.6. The van der Waals surface area contributed by atoms with Gasteiger partial charge in [-0.1, -0.05) is 11.6 Å². The lowest BCUT2D eigenvalue weighted by Gasteiger charge is -2.08. The molecule has 2 aromatic rings. The molecule has 0 amide bonds. The monoisotopic (exact) mass is 283 g/mol. The number of nitrogens with one attached hydrogen (secondary N) is 2. The standard InChI is InChI=1S/C11H11ClFN5O/c1-14-9-16-10(18-11(17-9)19-2)15-8-4-3-6(12)5-7(8)13/h3-5H,1-2H3,(H2,14,15,16,17,18). The number of benzene rings is 1. The van der Waals surface area contributed by atoms with Gasteiger partial charge in [0.2, 0.25) is 11.9 Å². The normalized spacial score (nSPS) is 10.1. The smallest absolute Gasteiger partial charge is 0.322 e. The van der Waals surface area contributed by atoms with Crippen LogP contribution in [0.1, 0.15) is 0 Å². The maximum Gasteiger partial charge on any atom is 0.322 e. The predicted molar refractivity (Wildman–Crippen MR) is 70.6 cm³/mol. The fourth-order valence-electron chi connectivity index (χ4n) is 1.33. The molecular formula is C11H11ClFN5O. The molecule has 0 radical (unpaired) electrons. The van der Waals surface area contributed by atoms with Crippen LogP contribution < -0.4 is 15.4 Å². The van der Waals surface area contributed by atoms with E-state index >= 15 is 0 Å². The molecule has 0 unspecified atom stereocenters. The summed E-state index contributed by atoms with van der Waals surface area (Å²) in [5, 5.41) is 5.80. The molecule has 0 aliphatic rings. The number of halogens is 2. The molecule has 19 heavy (non-hydrogen) atoms. The van der Waals surface area contributed by atoms with E-state index in [1.165, 1.54) is 19.2 Å². The highest BCUT2D eigenvalue weighted by Crippen LogP contribution is 2.22. The molecule has 1 aromatic heterocycles. The van der Waals surface area contributed by atoms with Crippen LogP contribution in [-0.2, 0) is 0 Å². The second-order valence-corrected chi connectivity index (χ2v) is 3.90. The summed E-state index contributed by atoms with van der Waals surface area (Å²) in [5.74, 6) is -0.0287. The van der Waals surface area contributed by atoms with Gasteiger partial charge in [-0.05, 0) is 18.2 Å². The highest BCUT2D eigenvalue weighted by Gasteiger charge is 2.09. The second kappa shape index (κ2) is 5.66. The van der Waals surface area contributed by atoms with Gasteiger partial charge in [0.15, 0.2) is 0 Å². The van der Waals surface area contributed by atoms with Crippen molar-refractivity contribution in [2.45, 2.75) is 0 Å². The zero-order valence-electron chi connectivity index (χ0n) is 10.2. The minimum absolute atomic E-state index is 0.122. The molecule has 2 rings (SSSR count). The average Bonchev–Trinajstić information content (AvgIpc) is 2.41. The Balaban J connectivity index is 2.31. The Kier molecular flexibility index (Phi) is 3.96. The molecule has 0 atom stereocenters. The summed E-state index contributed by atoms with van der Waals surface area (Å²) in [7, 11) is 3.09. The SMILES string of the molecule is CNc1nc(Nc2ccc(Cl)cc2F)nc(OC)n1. The molecule has 1 heterocycles. The Morgan fingerprint density at radius 2 is 1.95 bits per heavy atom. The lowest BCUT2D eigenvalue weighted by Crippen LogP contribution is -2.06. The number of nitrogens with zero attached hydrogens (tertiary/aromatic N) is 3. The van der Waals surface area contributed by atoms with Crippen LogP contribution in [0.3, 0.4) is 0 Å². The van der Waals surface area contributed by atoms with E-state index in [1.54, 1.807) is 13.1 Å². The zero-order chi connectivity index (χ0) is 13.8. The zero-order valence-corrected chi connectivity index (χ0v) is 11.0. The summed E-state index contributed by atoms with van der Waals surface area (Å²) >= 11 is 5.68. The first-order valence-corrected chi connectivity index (χ1v) is 5.70. The molecule has 2 N–H and O–H groups in total. The molecule has 100 valence electrons. The third-order valence-electron chi connectivity index (χ3n) is 2.20. The molecule has 6 nitrogen and oxygen atoms in total. The van der Waals surface area contributed by atoms with Gasteiger partial charge in [0, 0.05) is 12.1 Å². The lowest BCUT2D eigenvalue weighted by atomic mass is 10.3. The molecule has 0 fully saturated rings. The fraction of sp³-hybridized carbons (Fsp3) is 0.182. The summed E-state index contributed by atoms with van der Waals surface area (Å²) in [5.41, 5.74) is 0.208. The van der Waals surface area contributed by atoms with Crippen molar-refractivity contribution < 1.29 is 9.13 Å². The van der Waals surface area contributed by atoms with Gasteiger partial charge in [0.05, 0.1) is 12.8 Å². The third-order valence-corrected chi connectivity index (χ3v) is 2.43. The molecule has 0 aliphatic carbocycles. The van der Waals surface area contributed by atoms with Gasteiger partial charge in [-0.3, -0.25) is 0 Å². The molecule has 0 saturated carbocycles. The predicted octanol–water partition coefficient (Wildman–Crippen LogP) is 2.46. The van der Waals surface area contributed by atoms with Crippen LogP contribution in [-0.4, -0.2) is 29.1 Å². The van der Waals surface area contributed by atoms with Crippen LogP contribution in [0.15, 0.2) is 18.2 Å². The van der Waals surface area contributed by atoms with Gasteiger partial charge in [-0.2, -0.15) is 15.0 Å². The Hall–Kier alpha value is -2.15. The number of hydrogen-bond donors (Lipinski definition) is 2. The van der Waals surface area contributed by atoms with E-state index in [-0.39, 0.29) is 17.6 Å². The fourth-order valence-corrected chi connectivity index (χ4v) is 1.49. The first kappa shape index (κ1) is 13.3. The lowest BCUT2D eigenvalue weighted by molar-refractivity contribution is 0.379. The largest absolute Gasteiger partial charge is 0.467 e. The summed E-state index contributed by atoms with van der Waals surface area (Å²) in [6.45, 7) is 0. The third kappa shape index (κ3) is 3.19. The van der Waals surface area contributed by atoms with Crippen LogP contribution in [0.25, 0.3) is 0 Å². The van der Waals surface area contributed by atoms with Gasteiger partial charge in [-0.25, -0.2) is 4.39 Å². The first-order valence-electron chi connectivity index (χ1n) is 5.32. The molecule has 0 bridgehead atoms. The maximum atomic E-state index is 13.6. The quantitative estimate of drug-likeness (QED) is 0.898. The van der Waals surface area contributed by atoms with E-state index < -0.39 is 5.82 Å². The Morgan fingerprint density at radius 3 is 2.58 bits per heavy atom. The molecule has 8 heteroatoms. The van der Waals surface area contributed by atoms with Crippen molar-refractivity contribution >= 4 is 29.2 Å². The summed E-state index contributed by atoms with van der Waals surface area (Å²) in [6, 6.07) is 4.37. The number of methoxy groups -OCH3 is 1. The Bertz CT molecular complexity index is 573. The van der Waals surface area contributed by atoms with E-state index in [0.29, 0.717) is 11.0 Å². The van der Waals surface area contributed by atoms with Crippen LogP contribution in [0.5, 0.6) is 6.01 Å². The van der Waals surface area contributed by atoms with E-state index in [4.69, 9.17) is 16.3 Å². The summed E-state index contributed by atoms with van der Waals surface area (Å²) in [4.78, 5) is 11.9. The van der Waals surface area contributed by atoms with Crippen molar-refractivity contribution in [2.75, 3.05) is 24.8 Å². The van der Waals surface area contributed by atoms with Crippen molar-refractivity contribution in [2.24, 2.45) is 0 Å². The van der Waals surface area contributed by atoms with Gasteiger partial charge < -0.3 is 15.4 Å². The number of rotatable bonds is 4. The number of anilines is 3. The Labute approximate surface area is 114 Å². The number of ether oxygens (including phenoxy) is 1. The highest BCUT2D eigenvalue weighted by atomic mass is 35.5. The average molecular weight is 284 g/mol. The van der Waals surface area contributed by atoms with Crippen LogP contribution in [0.2, 0.25) is 5.02 Å². The number of hydrogen-bond acceptors (Lipinski definition) is 6. The van der Waals surface area contributed by atoms with Crippen molar-refractivity contribution in [3.63, 3.8) is 0 Å². The van der Waals surface area contributed by atoms with E-state index in [1.807, 2.05) is 0 Å². The Morgan fingerprint density at radius 1 is 1.21 bits per heavy atom. The molecule has 1 aromatic carbocycles. The van der Waals surface area contributed by atoms with Crippen LogP contribution in [0.4, 0.5) is 22.0 Å². The summed E-state index contributed by atoms with van der Waals surface area (Å²) < 4.78 is 18.6. The van der Waals surface area contributed by atoms with E-state index in [2.05, 4.69) is 25.6 Å². The highest BCUT2D eigenvalue weighted by molar-refractivity contribution is 6.30. The van der Waals surface area contributed by atoms with Crippen molar-refractivity contribution in [3.05, 3.63) is 29.0 Å². The molecule has 0 saturated heterocycles. The second-order valence-electron chi connectivity index (χ2n) is 3.47. The van der Waals surface area contributed by atoms with Gasteiger partial charge in [0.1, 0.15) is 5.82 Å². The van der Waals surface area contributed by atoms with Crippen molar-refractivity contribution in [3.8, 4) is 6.01 Å². The minimum Gasteiger partial charge on any atom is -0.467 e. The molecule has 0 spiro atoms. The van der Waals surface area contributed by atoms with Gasteiger partial charge in [-0.15, -0.1) is 0 Å². The molecular weight excluding hydrogens is 273 g/mol. The van der Waals surface area contributed by atoms with E-state index in [9.17, 15) is 4.39 Å². The first-order chi connectivity index (χ1) is 9.12. The van der Waals surface area contributed by atoms with Crippen LogP contribution >= 0.6 is 11.6 Å². The minimum atomic E-state index is -0.502. The topological polar surface area (TPSA) is 72.0 Å². The van der Waals surface area contributed by atoms with Crippen molar-refractivity contribution in [1.82, 2.24) is 15.0 Å². The molecule has 0 aliphatic heterocycles. The van der Waals surface area contributed by atoms with Gasteiger partial charge >= 0.3 is 6.01 Å². The van der Waals surface area contributed by atoms with Gasteiger partial charge in [0.25, 0.3) is 0 Å². The summed E-state index contributed by atoms with van der Waals surface area (Å²) in [6.07, 6.45) is 0. The van der Waals surface area contributed by atoms with E-state index in [0.717, 1.165) is 0 Å².